The van der Waals surface area contributed by atoms with Crippen molar-refractivity contribution < 1.29 is 9.53 Å². The van der Waals surface area contributed by atoms with Crippen molar-refractivity contribution in [1.82, 2.24) is 20.6 Å². The van der Waals surface area contributed by atoms with Crippen molar-refractivity contribution in [2.75, 3.05) is 32.1 Å². The van der Waals surface area contributed by atoms with E-state index in [0.717, 1.165) is 48.9 Å². The fourth-order valence-corrected chi connectivity index (χ4v) is 3.59. The van der Waals surface area contributed by atoms with Crippen molar-refractivity contribution in [2.45, 2.75) is 39.8 Å². The molecule has 2 N–H and O–H groups in total. The van der Waals surface area contributed by atoms with Gasteiger partial charge in [0.25, 0.3) is 5.91 Å². The standard InChI is InChI=1S/C21H29N5O2/c1-13-7-6-8-18(28-5)17(13)11-23-16-9-10-26(12-16)20-14(2)15(3)24-19(25-20)21(27)22-4/h6-8,16,23H,9-12H2,1-5H3,(H,22,27)/t16-/m1/s1. The Kier molecular flexibility index (Phi) is 6.14. The number of amides is 1. The van der Waals surface area contributed by atoms with Crippen LogP contribution in [0.5, 0.6) is 5.75 Å². The van der Waals surface area contributed by atoms with Gasteiger partial charge in [-0.1, -0.05) is 12.1 Å². The first-order valence-corrected chi connectivity index (χ1v) is 9.62. The third-order valence-electron chi connectivity index (χ3n) is 5.44. The summed E-state index contributed by atoms with van der Waals surface area (Å²) in [7, 11) is 3.30. The van der Waals surface area contributed by atoms with Crippen molar-refractivity contribution in [3.8, 4) is 5.75 Å². The summed E-state index contributed by atoms with van der Waals surface area (Å²) in [5.74, 6) is 1.73. The fraction of sp³-hybridized carbons (Fsp3) is 0.476. The molecule has 7 nitrogen and oxygen atoms in total. The number of rotatable bonds is 6. The van der Waals surface area contributed by atoms with Gasteiger partial charge >= 0.3 is 0 Å². The van der Waals surface area contributed by atoms with Crippen LogP contribution in [0.2, 0.25) is 0 Å². The summed E-state index contributed by atoms with van der Waals surface area (Å²) in [5.41, 5.74) is 4.28. The zero-order valence-corrected chi connectivity index (χ0v) is 17.3. The minimum Gasteiger partial charge on any atom is -0.496 e. The maximum absolute atomic E-state index is 12.0. The van der Waals surface area contributed by atoms with E-state index < -0.39 is 0 Å². The van der Waals surface area contributed by atoms with E-state index in [-0.39, 0.29) is 11.7 Å². The molecule has 1 atom stereocenters. The average Bonchev–Trinajstić information content (AvgIpc) is 3.16. The van der Waals surface area contributed by atoms with Crippen LogP contribution >= 0.6 is 0 Å². The SMILES string of the molecule is CNC(=O)c1nc(C)c(C)c(N2CC[C@@H](NCc3c(C)cccc3OC)C2)n1. The Labute approximate surface area is 166 Å². The molecule has 2 heterocycles. The molecule has 0 radical (unpaired) electrons. The van der Waals surface area contributed by atoms with Crippen LogP contribution < -0.4 is 20.3 Å². The van der Waals surface area contributed by atoms with Gasteiger partial charge in [0.05, 0.1) is 7.11 Å². The van der Waals surface area contributed by atoms with Crippen LogP contribution in [0, 0.1) is 20.8 Å². The van der Waals surface area contributed by atoms with Crippen LogP contribution in [0.1, 0.15) is 39.4 Å². The van der Waals surface area contributed by atoms with Crippen LogP contribution in [0.3, 0.4) is 0 Å². The Morgan fingerprint density at radius 1 is 1.29 bits per heavy atom. The normalized spacial score (nSPS) is 16.3. The van der Waals surface area contributed by atoms with Crippen LogP contribution in [0.4, 0.5) is 5.82 Å². The number of ether oxygens (including phenoxy) is 1. The zero-order chi connectivity index (χ0) is 20.3. The predicted molar refractivity (Wildman–Crippen MR) is 110 cm³/mol. The molecule has 2 aromatic rings. The second-order valence-electron chi connectivity index (χ2n) is 7.23. The predicted octanol–water partition coefficient (Wildman–Crippen LogP) is 2.14. The molecule has 1 fully saturated rings. The number of hydrogen-bond donors (Lipinski definition) is 2. The summed E-state index contributed by atoms with van der Waals surface area (Å²) in [6, 6.07) is 6.47. The van der Waals surface area contributed by atoms with E-state index in [1.165, 1.54) is 11.1 Å². The van der Waals surface area contributed by atoms with Gasteiger partial charge in [0.1, 0.15) is 11.6 Å². The summed E-state index contributed by atoms with van der Waals surface area (Å²) in [5, 5.41) is 6.25. The maximum atomic E-state index is 12.0. The molecule has 1 saturated heterocycles. The van der Waals surface area contributed by atoms with E-state index in [4.69, 9.17) is 4.74 Å². The minimum atomic E-state index is -0.259. The number of nitrogens with one attached hydrogen (secondary N) is 2. The Hall–Kier alpha value is -2.67. The van der Waals surface area contributed by atoms with Crippen molar-refractivity contribution in [3.63, 3.8) is 0 Å². The van der Waals surface area contributed by atoms with Gasteiger partial charge in [-0.15, -0.1) is 0 Å². The Morgan fingerprint density at radius 3 is 2.79 bits per heavy atom. The largest absolute Gasteiger partial charge is 0.496 e. The molecule has 1 aromatic heterocycles. The molecule has 150 valence electrons. The lowest BCUT2D eigenvalue weighted by molar-refractivity contribution is 0.0952. The highest BCUT2D eigenvalue weighted by Gasteiger charge is 2.26. The lowest BCUT2D eigenvalue weighted by atomic mass is 10.1. The summed E-state index contributed by atoms with van der Waals surface area (Å²) in [6.45, 7) is 8.54. The van der Waals surface area contributed by atoms with Crippen LogP contribution in [0.25, 0.3) is 0 Å². The molecule has 28 heavy (non-hydrogen) atoms. The Balaban J connectivity index is 1.71. The van der Waals surface area contributed by atoms with E-state index in [0.29, 0.717) is 6.04 Å². The first kappa shape index (κ1) is 20.1. The number of methoxy groups -OCH3 is 1. The third kappa shape index (κ3) is 4.09. The monoisotopic (exact) mass is 383 g/mol. The lowest BCUT2D eigenvalue weighted by Gasteiger charge is -2.21. The van der Waals surface area contributed by atoms with Crippen molar-refractivity contribution in [1.29, 1.82) is 0 Å². The quantitative estimate of drug-likeness (QED) is 0.796. The van der Waals surface area contributed by atoms with Gasteiger partial charge in [-0.3, -0.25) is 4.79 Å². The number of anilines is 1. The first-order valence-electron chi connectivity index (χ1n) is 9.62. The highest BCUT2D eigenvalue weighted by atomic mass is 16.5. The van der Waals surface area contributed by atoms with Gasteiger partial charge in [0.15, 0.2) is 0 Å². The number of aryl methyl sites for hydroxylation is 2. The van der Waals surface area contributed by atoms with Gasteiger partial charge in [-0.05, 0) is 38.8 Å². The molecular weight excluding hydrogens is 354 g/mol. The van der Waals surface area contributed by atoms with E-state index in [9.17, 15) is 4.79 Å². The number of carbonyl (C=O) groups excluding carboxylic acids is 1. The van der Waals surface area contributed by atoms with Gasteiger partial charge < -0.3 is 20.3 Å². The van der Waals surface area contributed by atoms with Gasteiger partial charge in [0, 0.05) is 49.5 Å². The molecule has 7 heteroatoms. The number of hydrogen-bond acceptors (Lipinski definition) is 6. The Bertz CT molecular complexity index is 868. The van der Waals surface area contributed by atoms with Crippen LogP contribution in [-0.2, 0) is 6.54 Å². The highest BCUT2D eigenvalue weighted by Crippen LogP contribution is 2.25. The molecular formula is C21H29N5O2. The molecule has 0 aliphatic carbocycles. The third-order valence-corrected chi connectivity index (χ3v) is 5.44. The van der Waals surface area contributed by atoms with Crippen LogP contribution in [-0.4, -0.2) is 49.2 Å². The topological polar surface area (TPSA) is 79.4 Å². The first-order chi connectivity index (χ1) is 13.4. The number of aromatic nitrogens is 2. The van der Waals surface area contributed by atoms with E-state index in [2.05, 4.69) is 38.5 Å². The number of carbonyl (C=O) groups is 1. The Morgan fingerprint density at radius 2 is 2.07 bits per heavy atom. The molecule has 0 bridgehead atoms. The van der Waals surface area contributed by atoms with Crippen molar-refractivity contribution in [2.24, 2.45) is 0 Å². The molecule has 1 aliphatic rings. The summed E-state index contributed by atoms with van der Waals surface area (Å²) in [6.07, 6.45) is 1.02. The lowest BCUT2D eigenvalue weighted by Crippen LogP contribution is -2.33. The summed E-state index contributed by atoms with van der Waals surface area (Å²) in [4.78, 5) is 23.1. The summed E-state index contributed by atoms with van der Waals surface area (Å²) >= 11 is 0. The molecule has 3 rings (SSSR count). The second-order valence-corrected chi connectivity index (χ2v) is 7.23. The maximum Gasteiger partial charge on any atom is 0.288 e. The molecule has 0 unspecified atom stereocenters. The van der Waals surface area contributed by atoms with Gasteiger partial charge in [0.2, 0.25) is 5.82 Å². The average molecular weight is 383 g/mol. The smallest absolute Gasteiger partial charge is 0.288 e. The minimum absolute atomic E-state index is 0.224. The number of benzene rings is 1. The van der Waals surface area contributed by atoms with E-state index in [1.54, 1.807) is 14.2 Å². The fourth-order valence-electron chi connectivity index (χ4n) is 3.59. The number of nitrogens with zero attached hydrogens (tertiary/aromatic N) is 3. The van der Waals surface area contributed by atoms with Crippen molar-refractivity contribution in [3.05, 3.63) is 46.4 Å². The molecule has 0 spiro atoms. The molecule has 1 aromatic carbocycles. The van der Waals surface area contributed by atoms with E-state index in [1.807, 2.05) is 26.0 Å². The highest BCUT2D eigenvalue weighted by molar-refractivity contribution is 5.90. The zero-order valence-electron chi connectivity index (χ0n) is 17.3. The van der Waals surface area contributed by atoms with Crippen LogP contribution in [0.15, 0.2) is 18.2 Å². The van der Waals surface area contributed by atoms with Gasteiger partial charge in [-0.2, -0.15) is 0 Å². The van der Waals surface area contributed by atoms with Crippen molar-refractivity contribution >= 4 is 11.7 Å². The molecule has 1 amide bonds. The summed E-state index contributed by atoms with van der Waals surface area (Å²) < 4.78 is 5.50. The van der Waals surface area contributed by atoms with E-state index >= 15 is 0 Å². The molecule has 1 aliphatic heterocycles. The second kappa shape index (κ2) is 8.56. The molecule has 0 saturated carbocycles. The van der Waals surface area contributed by atoms with Gasteiger partial charge in [-0.25, -0.2) is 9.97 Å².